The second-order valence-electron chi connectivity index (χ2n) is 6.79. The molecule has 0 saturated heterocycles. The number of aromatic nitrogens is 2. The topological polar surface area (TPSA) is 103 Å². The largest absolute Gasteiger partial charge is 0.451 e. The summed E-state index contributed by atoms with van der Waals surface area (Å²) >= 11 is 0. The summed E-state index contributed by atoms with van der Waals surface area (Å²) in [5, 5.41) is 3.11. The number of hydrogen-bond acceptors (Lipinski definition) is 4. The summed E-state index contributed by atoms with van der Waals surface area (Å²) in [4.78, 5) is 28.4. The van der Waals surface area contributed by atoms with Crippen molar-refractivity contribution in [1.82, 2.24) is 14.9 Å². The fraction of sp³-hybridized carbons (Fsp3) is 0.250. The van der Waals surface area contributed by atoms with Crippen LogP contribution in [-0.4, -0.2) is 21.4 Å². The van der Waals surface area contributed by atoms with Gasteiger partial charge in [0.1, 0.15) is 11.6 Å². The van der Waals surface area contributed by atoms with E-state index in [1.165, 1.54) is 6.07 Å². The normalized spacial score (nSPS) is 14.7. The van der Waals surface area contributed by atoms with Crippen LogP contribution in [0.3, 0.4) is 0 Å². The molecule has 1 aliphatic carbocycles. The molecule has 3 N–H and O–H groups in total. The fourth-order valence-corrected chi connectivity index (χ4v) is 3.16. The molecule has 1 atom stereocenters. The predicted octanol–water partition coefficient (Wildman–Crippen LogP) is 2.66. The van der Waals surface area contributed by atoms with Crippen molar-refractivity contribution in [3.05, 3.63) is 65.9 Å². The van der Waals surface area contributed by atoms with Crippen LogP contribution in [0.15, 0.2) is 53.2 Å². The van der Waals surface area contributed by atoms with Crippen LogP contribution in [0.2, 0.25) is 0 Å². The van der Waals surface area contributed by atoms with E-state index in [0.717, 1.165) is 18.7 Å². The van der Waals surface area contributed by atoms with Crippen LogP contribution in [0.5, 0.6) is 0 Å². The minimum Gasteiger partial charge on any atom is -0.451 e. The van der Waals surface area contributed by atoms with Gasteiger partial charge in [-0.25, -0.2) is 4.98 Å². The smallest absolute Gasteiger partial charge is 0.284 e. The minimum atomic E-state index is -0.627. The Morgan fingerprint density at radius 3 is 2.74 bits per heavy atom. The molecule has 1 unspecified atom stereocenters. The molecule has 138 valence electrons. The Hall–Kier alpha value is -3.35. The number of amides is 2. The van der Waals surface area contributed by atoms with E-state index in [-0.39, 0.29) is 17.7 Å². The monoisotopic (exact) mass is 364 g/mol. The number of carbonyl (C=O) groups is 2. The number of imidazole rings is 1. The van der Waals surface area contributed by atoms with Crippen molar-refractivity contribution < 1.29 is 14.0 Å². The van der Waals surface area contributed by atoms with Crippen molar-refractivity contribution in [2.24, 2.45) is 18.7 Å². The SMILES string of the molecule is Cn1ccnc1C(NC(=O)c1cccc(-c2ccc(C(N)=O)o2)c1)C1CC1. The summed E-state index contributed by atoms with van der Waals surface area (Å²) in [6.45, 7) is 0. The Balaban J connectivity index is 1.56. The molecule has 2 heterocycles. The Bertz CT molecular complexity index is 1000. The van der Waals surface area contributed by atoms with E-state index in [4.69, 9.17) is 10.2 Å². The zero-order valence-corrected chi connectivity index (χ0v) is 14.9. The van der Waals surface area contributed by atoms with Crippen molar-refractivity contribution in [3.63, 3.8) is 0 Å². The molecular weight excluding hydrogens is 344 g/mol. The van der Waals surface area contributed by atoms with Gasteiger partial charge in [0, 0.05) is 30.6 Å². The van der Waals surface area contributed by atoms with Crippen molar-refractivity contribution in [2.45, 2.75) is 18.9 Å². The molecule has 1 aromatic carbocycles. The Morgan fingerprint density at radius 2 is 2.11 bits per heavy atom. The summed E-state index contributed by atoms with van der Waals surface area (Å²) in [5.41, 5.74) is 6.45. The molecule has 1 saturated carbocycles. The number of furan rings is 1. The fourth-order valence-electron chi connectivity index (χ4n) is 3.16. The number of nitrogens with two attached hydrogens (primary N) is 1. The first kappa shape index (κ1) is 17.1. The first-order valence-electron chi connectivity index (χ1n) is 8.81. The predicted molar refractivity (Wildman–Crippen MR) is 98.8 cm³/mol. The van der Waals surface area contributed by atoms with E-state index in [2.05, 4.69) is 10.3 Å². The van der Waals surface area contributed by atoms with E-state index in [9.17, 15) is 9.59 Å². The lowest BCUT2D eigenvalue weighted by molar-refractivity contribution is 0.0927. The maximum atomic E-state index is 12.8. The summed E-state index contributed by atoms with van der Waals surface area (Å²) in [5.74, 6) is 1.06. The van der Waals surface area contributed by atoms with Gasteiger partial charge in [-0.1, -0.05) is 12.1 Å². The summed E-state index contributed by atoms with van der Waals surface area (Å²) < 4.78 is 7.39. The second-order valence-corrected chi connectivity index (χ2v) is 6.79. The highest BCUT2D eigenvalue weighted by atomic mass is 16.3. The highest BCUT2D eigenvalue weighted by molar-refractivity contribution is 5.95. The van der Waals surface area contributed by atoms with Crippen LogP contribution < -0.4 is 11.1 Å². The standard InChI is InChI=1S/C20H20N4O3/c1-24-10-9-22-19(24)17(12-5-6-12)23-20(26)14-4-2-3-13(11-14)15-7-8-16(27-15)18(21)25/h2-4,7-12,17H,5-6H2,1H3,(H2,21,25)(H,23,26). The lowest BCUT2D eigenvalue weighted by Gasteiger charge is -2.18. The van der Waals surface area contributed by atoms with Crippen molar-refractivity contribution in [3.8, 4) is 11.3 Å². The number of nitrogens with one attached hydrogen (secondary N) is 1. The zero-order chi connectivity index (χ0) is 19.0. The molecule has 3 aromatic rings. The van der Waals surface area contributed by atoms with E-state index >= 15 is 0 Å². The lowest BCUT2D eigenvalue weighted by Crippen LogP contribution is -2.31. The zero-order valence-electron chi connectivity index (χ0n) is 14.9. The van der Waals surface area contributed by atoms with E-state index < -0.39 is 5.91 Å². The molecule has 7 heteroatoms. The molecule has 2 aromatic heterocycles. The molecule has 2 amide bonds. The Morgan fingerprint density at radius 1 is 1.30 bits per heavy atom. The first-order chi connectivity index (χ1) is 13.0. The molecular formula is C20H20N4O3. The number of benzene rings is 1. The molecule has 0 spiro atoms. The number of nitrogens with zero attached hydrogens (tertiary/aromatic N) is 2. The number of aryl methyl sites for hydroxylation is 1. The highest BCUT2D eigenvalue weighted by Gasteiger charge is 2.35. The van der Waals surface area contributed by atoms with Crippen LogP contribution in [0.1, 0.15) is 45.6 Å². The minimum absolute atomic E-state index is 0.0865. The van der Waals surface area contributed by atoms with E-state index in [0.29, 0.717) is 22.8 Å². The van der Waals surface area contributed by atoms with Crippen LogP contribution in [0.25, 0.3) is 11.3 Å². The third-order valence-electron chi connectivity index (χ3n) is 4.77. The maximum absolute atomic E-state index is 12.8. The molecule has 27 heavy (non-hydrogen) atoms. The molecule has 0 bridgehead atoms. The van der Waals surface area contributed by atoms with Gasteiger partial charge in [-0.05, 0) is 43.0 Å². The molecule has 0 aliphatic heterocycles. The summed E-state index contributed by atoms with van der Waals surface area (Å²) in [7, 11) is 1.93. The average molecular weight is 364 g/mol. The van der Waals surface area contributed by atoms with Gasteiger partial charge >= 0.3 is 0 Å². The maximum Gasteiger partial charge on any atom is 0.284 e. The highest BCUT2D eigenvalue weighted by Crippen LogP contribution is 2.40. The number of primary amides is 1. The summed E-state index contributed by atoms with van der Waals surface area (Å²) in [6.07, 6.45) is 5.79. The Labute approximate surface area is 156 Å². The lowest BCUT2D eigenvalue weighted by atomic mass is 10.1. The number of hydrogen-bond donors (Lipinski definition) is 2. The van der Waals surface area contributed by atoms with Crippen LogP contribution >= 0.6 is 0 Å². The number of carbonyl (C=O) groups excluding carboxylic acids is 2. The third-order valence-corrected chi connectivity index (χ3v) is 4.77. The van der Waals surface area contributed by atoms with Gasteiger partial charge in [0.2, 0.25) is 0 Å². The molecule has 1 aliphatic rings. The van der Waals surface area contributed by atoms with Crippen molar-refractivity contribution >= 4 is 11.8 Å². The van der Waals surface area contributed by atoms with Crippen LogP contribution in [-0.2, 0) is 7.05 Å². The molecule has 4 rings (SSSR count). The quantitative estimate of drug-likeness (QED) is 0.702. The molecule has 1 fully saturated rings. The van der Waals surface area contributed by atoms with Gasteiger partial charge in [-0.15, -0.1) is 0 Å². The van der Waals surface area contributed by atoms with Crippen LogP contribution in [0, 0.1) is 5.92 Å². The third kappa shape index (κ3) is 3.48. The van der Waals surface area contributed by atoms with E-state index in [1.807, 2.05) is 23.9 Å². The van der Waals surface area contributed by atoms with Gasteiger partial charge in [0.25, 0.3) is 11.8 Å². The number of rotatable bonds is 6. The average Bonchev–Trinajstić information content (AvgIpc) is 3.21. The summed E-state index contributed by atoms with van der Waals surface area (Å²) in [6, 6.07) is 10.2. The van der Waals surface area contributed by atoms with Crippen molar-refractivity contribution in [2.75, 3.05) is 0 Å². The molecule has 0 radical (unpaired) electrons. The van der Waals surface area contributed by atoms with Gasteiger partial charge in [-0.3, -0.25) is 9.59 Å². The van der Waals surface area contributed by atoms with E-state index in [1.54, 1.807) is 30.5 Å². The van der Waals surface area contributed by atoms with Gasteiger partial charge in [-0.2, -0.15) is 0 Å². The van der Waals surface area contributed by atoms with Gasteiger partial charge in [0.05, 0.1) is 6.04 Å². The molecule has 7 nitrogen and oxygen atoms in total. The van der Waals surface area contributed by atoms with Crippen molar-refractivity contribution in [1.29, 1.82) is 0 Å². The first-order valence-corrected chi connectivity index (χ1v) is 8.81. The van der Waals surface area contributed by atoms with Crippen LogP contribution in [0.4, 0.5) is 0 Å². The van der Waals surface area contributed by atoms with Gasteiger partial charge in [0.15, 0.2) is 5.76 Å². The Kier molecular flexibility index (Phi) is 4.27. The second kappa shape index (κ2) is 6.75. The van der Waals surface area contributed by atoms with Gasteiger partial charge < -0.3 is 20.0 Å².